The van der Waals surface area contributed by atoms with E-state index in [1.807, 2.05) is 11.4 Å². The molecule has 7 heteroatoms. The number of nitrogens with one attached hydrogen (secondary N) is 1. The topological polar surface area (TPSA) is 44.7 Å². The maximum atomic E-state index is 12.4. The lowest BCUT2D eigenvalue weighted by molar-refractivity contribution is 0.0862. The first-order valence-corrected chi connectivity index (χ1v) is 7.91. The van der Waals surface area contributed by atoms with Gasteiger partial charge in [0.1, 0.15) is 0 Å². The molecule has 4 nitrogen and oxygen atoms in total. The van der Waals surface area contributed by atoms with E-state index in [4.69, 9.17) is 23.2 Å². The van der Waals surface area contributed by atoms with E-state index in [1.165, 1.54) is 11.3 Å². The highest BCUT2D eigenvalue weighted by Gasteiger charge is 2.26. The lowest BCUT2D eigenvalue weighted by Crippen LogP contribution is -2.38. The Hall–Kier alpha value is -1.56. The summed E-state index contributed by atoms with van der Waals surface area (Å²) in [6.45, 7) is 1.10. The number of hydrogen-bond donors (Lipinski definition) is 1. The van der Waals surface area contributed by atoms with Gasteiger partial charge < -0.3 is 5.32 Å². The molecule has 1 N–H and O–H groups in total. The van der Waals surface area contributed by atoms with Crippen molar-refractivity contribution in [1.82, 2.24) is 4.90 Å². The number of para-hydroxylation sites is 1. The summed E-state index contributed by atoms with van der Waals surface area (Å²) in [4.78, 5) is 19.0. The first-order chi connectivity index (χ1) is 10.2. The number of carbonyl (C=O) groups excluding carboxylic acids is 1. The zero-order chi connectivity index (χ0) is 14.8. The van der Waals surface area contributed by atoms with Crippen LogP contribution in [0.3, 0.4) is 0 Å². The molecular formula is C14H11Cl2N3OS. The van der Waals surface area contributed by atoms with Crippen LogP contribution in [0.2, 0.25) is 10.0 Å². The second kappa shape index (κ2) is 6.05. The number of amides is 1. The Morgan fingerprint density at radius 3 is 2.67 bits per heavy atom. The summed E-state index contributed by atoms with van der Waals surface area (Å²) >= 11 is 13.7. The van der Waals surface area contributed by atoms with Crippen LogP contribution in [0, 0.1) is 0 Å². The number of guanidine groups is 1. The number of halogens is 2. The molecule has 0 aliphatic carbocycles. The molecule has 1 amide bonds. The Morgan fingerprint density at radius 1 is 1.24 bits per heavy atom. The zero-order valence-corrected chi connectivity index (χ0v) is 13.2. The number of aliphatic imine (C=N–C) groups is 1. The van der Waals surface area contributed by atoms with Crippen LogP contribution >= 0.6 is 34.5 Å². The first-order valence-electron chi connectivity index (χ1n) is 6.27. The molecule has 2 aromatic rings. The third-order valence-electron chi connectivity index (χ3n) is 3.02. The fraction of sp³-hybridized carbons (Fsp3) is 0.143. The summed E-state index contributed by atoms with van der Waals surface area (Å²) in [5, 5.41) is 5.91. The monoisotopic (exact) mass is 339 g/mol. The van der Waals surface area contributed by atoms with Crippen molar-refractivity contribution in [2.45, 2.75) is 0 Å². The van der Waals surface area contributed by atoms with Gasteiger partial charge in [-0.1, -0.05) is 35.3 Å². The molecule has 0 saturated heterocycles. The van der Waals surface area contributed by atoms with Gasteiger partial charge in [-0.05, 0) is 23.6 Å². The highest BCUT2D eigenvalue weighted by molar-refractivity contribution is 7.12. The Morgan fingerprint density at radius 2 is 2.00 bits per heavy atom. The lowest BCUT2D eigenvalue weighted by Gasteiger charge is -2.19. The van der Waals surface area contributed by atoms with Crippen LogP contribution < -0.4 is 5.32 Å². The number of thiophene rings is 1. The summed E-state index contributed by atoms with van der Waals surface area (Å²) in [5.74, 6) is 0.403. The molecule has 0 unspecified atom stereocenters. The maximum absolute atomic E-state index is 12.4. The van der Waals surface area contributed by atoms with E-state index in [0.717, 1.165) is 0 Å². The van der Waals surface area contributed by atoms with Gasteiger partial charge in [-0.25, -0.2) is 0 Å². The molecule has 3 rings (SSSR count). The van der Waals surface area contributed by atoms with Gasteiger partial charge in [-0.3, -0.25) is 14.7 Å². The summed E-state index contributed by atoms with van der Waals surface area (Å²) in [5.41, 5.74) is 0.561. The van der Waals surface area contributed by atoms with Gasteiger partial charge in [0.05, 0.1) is 27.2 Å². The van der Waals surface area contributed by atoms with Crippen molar-refractivity contribution in [3.63, 3.8) is 0 Å². The molecule has 1 aliphatic rings. The Labute approximate surface area is 136 Å². The highest BCUT2D eigenvalue weighted by Crippen LogP contribution is 2.30. The van der Waals surface area contributed by atoms with Crippen LogP contribution in [-0.2, 0) is 0 Å². The van der Waals surface area contributed by atoms with Gasteiger partial charge in [0.15, 0.2) is 0 Å². The SMILES string of the molecule is O=C(c1cccs1)N1CCN=C1Nc1c(Cl)cccc1Cl. The molecule has 1 aromatic heterocycles. The minimum absolute atomic E-state index is 0.0723. The number of hydrogen-bond acceptors (Lipinski definition) is 4. The van der Waals surface area contributed by atoms with Gasteiger partial charge in [0.25, 0.3) is 5.91 Å². The van der Waals surface area contributed by atoms with Gasteiger partial charge in [0, 0.05) is 6.54 Å². The van der Waals surface area contributed by atoms with Gasteiger partial charge in [-0.2, -0.15) is 0 Å². The zero-order valence-electron chi connectivity index (χ0n) is 10.8. The molecule has 2 heterocycles. The number of anilines is 1. The quantitative estimate of drug-likeness (QED) is 0.899. The van der Waals surface area contributed by atoms with Crippen molar-refractivity contribution < 1.29 is 4.79 Å². The third kappa shape index (κ3) is 2.90. The molecule has 108 valence electrons. The number of carbonyl (C=O) groups is 1. The molecule has 1 aliphatic heterocycles. The Kier molecular flexibility index (Phi) is 4.14. The van der Waals surface area contributed by atoms with Crippen LogP contribution in [0.15, 0.2) is 40.7 Å². The van der Waals surface area contributed by atoms with Crippen LogP contribution in [0.25, 0.3) is 0 Å². The van der Waals surface area contributed by atoms with E-state index in [0.29, 0.717) is 39.7 Å². The third-order valence-corrected chi connectivity index (χ3v) is 4.51. The average Bonchev–Trinajstić information content (AvgIpc) is 3.13. The van der Waals surface area contributed by atoms with E-state index in [2.05, 4.69) is 10.3 Å². The van der Waals surface area contributed by atoms with Gasteiger partial charge >= 0.3 is 0 Å². The van der Waals surface area contributed by atoms with Crippen LogP contribution in [-0.4, -0.2) is 29.9 Å². The molecule has 1 aromatic carbocycles. The number of rotatable bonds is 2. The van der Waals surface area contributed by atoms with Crippen molar-refractivity contribution >= 4 is 52.1 Å². The predicted octanol–water partition coefficient (Wildman–Crippen LogP) is 3.98. The summed E-state index contributed by atoms with van der Waals surface area (Å²) in [7, 11) is 0. The smallest absolute Gasteiger partial charge is 0.270 e. The number of nitrogens with zero attached hydrogens (tertiary/aromatic N) is 2. The minimum Gasteiger partial charge on any atom is -0.323 e. The molecule has 0 bridgehead atoms. The van der Waals surface area contributed by atoms with E-state index in [9.17, 15) is 4.79 Å². The molecule has 0 spiro atoms. The molecular weight excluding hydrogens is 329 g/mol. The molecule has 0 atom stereocenters. The van der Waals surface area contributed by atoms with Crippen molar-refractivity contribution in [2.24, 2.45) is 4.99 Å². The summed E-state index contributed by atoms with van der Waals surface area (Å²) in [6, 6.07) is 8.88. The minimum atomic E-state index is -0.0723. The predicted molar refractivity (Wildman–Crippen MR) is 87.7 cm³/mol. The van der Waals surface area contributed by atoms with Gasteiger partial charge in [0.2, 0.25) is 5.96 Å². The van der Waals surface area contributed by atoms with Crippen molar-refractivity contribution in [1.29, 1.82) is 0 Å². The van der Waals surface area contributed by atoms with Crippen LogP contribution in [0.1, 0.15) is 9.67 Å². The normalized spacial score (nSPS) is 14.2. The molecule has 0 fully saturated rings. The fourth-order valence-electron chi connectivity index (χ4n) is 2.01. The van der Waals surface area contributed by atoms with Crippen molar-refractivity contribution in [3.05, 3.63) is 50.6 Å². The van der Waals surface area contributed by atoms with E-state index < -0.39 is 0 Å². The second-order valence-electron chi connectivity index (χ2n) is 4.36. The largest absolute Gasteiger partial charge is 0.323 e. The van der Waals surface area contributed by atoms with Crippen molar-refractivity contribution in [3.8, 4) is 0 Å². The van der Waals surface area contributed by atoms with Crippen LogP contribution in [0.4, 0.5) is 5.69 Å². The van der Waals surface area contributed by atoms with Crippen LogP contribution in [0.5, 0.6) is 0 Å². The lowest BCUT2D eigenvalue weighted by atomic mass is 10.3. The first kappa shape index (κ1) is 14.4. The summed E-state index contributed by atoms with van der Waals surface area (Å²) in [6.07, 6.45) is 0. The maximum Gasteiger partial charge on any atom is 0.270 e. The average molecular weight is 340 g/mol. The molecule has 21 heavy (non-hydrogen) atoms. The molecule has 0 saturated carbocycles. The highest BCUT2D eigenvalue weighted by atomic mass is 35.5. The van der Waals surface area contributed by atoms with Crippen molar-refractivity contribution in [2.75, 3.05) is 18.4 Å². The van der Waals surface area contributed by atoms with E-state index in [-0.39, 0.29) is 5.91 Å². The van der Waals surface area contributed by atoms with E-state index >= 15 is 0 Å². The Bertz CT molecular complexity index is 680. The van der Waals surface area contributed by atoms with Gasteiger partial charge in [-0.15, -0.1) is 11.3 Å². The van der Waals surface area contributed by atoms with E-state index in [1.54, 1.807) is 29.2 Å². The number of benzene rings is 1. The fourth-order valence-corrected chi connectivity index (χ4v) is 3.18. The second-order valence-corrected chi connectivity index (χ2v) is 6.12. The standard InChI is InChI=1S/C14H11Cl2N3OS/c15-9-3-1-4-10(16)12(9)18-14-17-6-7-19(14)13(20)11-5-2-8-21-11/h1-5,8H,6-7H2,(H,17,18). The Balaban J connectivity index is 1.84. The molecule has 0 radical (unpaired) electrons. The summed E-state index contributed by atoms with van der Waals surface area (Å²) < 4.78 is 0.